The van der Waals surface area contributed by atoms with Crippen molar-refractivity contribution >= 4 is 5.82 Å². The van der Waals surface area contributed by atoms with Crippen LogP contribution < -0.4 is 5.32 Å². The predicted octanol–water partition coefficient (Wildman–Crippen LogP) is 1.95. The molecule has 112 valence electrons. The van der Waals surface area contributed by atoms with Gasteiger partial charge in [-0.05, 0) is 33.7 Å². The Morgan fingerprint density at radius 3 is 2.80 bits per heavy atom. The van der Waals surface area contributed by atoms with Crippen molar-refractivity contribution in [2.75, 3.05) is 18.9 Å². The largest absolute Gasteiger partial charge is 0.391 e. The summed E-state index contributed by atoms with van der Waals surface area (Å²) >= 11 is 0. The van der Waals surface area contributed by atoms with Crippen molar-refractivity contribution in [2.24, 2.45) is 0 Å². The first-order valence-corrected chi connectivity index (χ1v) is 7.57. The Morgan fingerprint density at radius 2 is 2.10 bits per heavy atom. The number of hydrogen-bond acceptors (Lipinski definition) is 5. The molecule has 5 nitrogen and oxygen atoms in total. The van der Waals surface area contributed by atoms with E-state index >= 15 is 0 Å². The fourth-order valence-electron chi connectivity index (χ4n) is 2.92. The van der Waals surface area contributed by atoms with Crippen LogP contribution in [-0.2, 0) is 6.54 Å². The van der Waals surface area contributed by atoms with Crippen LogP contribution in [-0.4, -0.2) is 45.7 Å². The van der Waals surface area contributed by atoms with E-state index < -0.39 is 0 Å². The Hall–Kier alpha value is -1.20. The van der Waals surface area contributed by atoms with Crippen LogP contribution in [0.3, 0.4) is 0 Å². The van der Waals surface area contributed by atoms with Gasteiger partial charge in [-0.3, -0.25) is 4.90 Å². The highest BCUT2D eigenvalue weighted by atomic mass is 16.3. The zero-order valence-electron chi connectivity index (χ0n) is 12.8. The summed E-state index contributed by atoms with van der Waals surface area (Å²) in [6, 6.07) is 2.19. The second kappa shape index (κ2) is 6.99. The molecular weight excluding hydrogens is 252 g/mol. The first-order chi connectivity index (χ1) is 9.60. The molecule has 2 rings (SSSR count). The molecule has 1 aromatic rings. The molecule has 1 heterocycles. The van der Waals surface area contributed by atoms with E-state index in [-0.39, 0.29) is 12.1 Å². The normalized spacial score (nSPS) is 23.1. The van der Waals surface area contributed by atoms with Crippen LogP contribution in [0, 0.1) is 6.92 Å². The maximum atomic E-state index is 10.1. The fourth-order valence-corrected chi connectivity index (χ4v) is 2.92. The topological polar surface area (TPSA) is 61.3 Å². The molecule has 1 aliphatic carbocycles. The van der Waals surface area contributed by atoms with Gasteiger partial charge >= 0.3 is 0 Å². The second-order valence-corrected chi connectivity index (χ2v) is 5.68. The fraction of sp³-hybridized carbons (Fsp3) is 0.733. The van der Waals surface area contributed by atoms with Crippen LogP contribution in [0.4, 0.5) is 5.82 Å². The van der Waals surface area contributed by atoms with Crippen LogP contribution in [0.2, 0.25) is 0 Å². The lowest BCUT2D eigenvalue weighted by Crippen LogP contribution is -2.43. The third kappa shape index (κ3) is 3.90. The Kier molecular flexibility index (Phi) is 5.31. The maximum Gasteiger partial charge on any atom is 0.144 e. The number of rotatable bonds is 5. The molecule has 1 aliphatic rings. The molecule has 2 N–H and O–H groups in total. The third-order valence-electron chi connectivity index (χ3n) is 3.91. The molecular formula is C15H26N4O. The summed E-state index contributed by atoms with van der Waals surface area (Å²) in [5.74, 6) is 1.70. The molecule has 0 aromatic carbocycles. The van der Waals surface area contributed by atoms with E-state index in [2.05, 4.69) is 34.2 Å². The van der Waals surface area contributed by atoms with E-state index in [1.54, 1.807) is 0 Å². The quantitative estimate of drug-likeness (QED) is 0.862. The summed E-state index contributed by atoms with van der Waals surface area (Å²) in [6.45, 7) is 5.58. The van der Waals surface area contributed by atoms with Crippen molar-refractivity contribution in [1.29, 1.82) is 0 Å². The van der Waals surface area contributed by atoms with Gasteiger partial charge in [0.25, 0.3) is 0 Å². The number of anilines is 1. The molecule has 0 aliphatic heterocycles. The predicted molar refractivity (Wildman–Crippen MR) is 80.7 cm³/mol. The van der Waals surface area contributed by atoms with Crippen molar-refractivity contribution in [2.45, 2.75) is 58.2 Å². The van der Waals surface area contributed by atoms with Crippen molar-refractivity contribution in [1.82, 2.24) is 14.9 Å². The molecule has 0 radical (unpaired) electrons. The Labute approximate surface area is 121 Å². The number of aromatic nitrogens is 2. The minimum absolute atomic E-state index is 0.216. The van der Waals surface area contributed by atoms with Crippen LogP contribution in [0.15, 0.2) is 6.07 Å². The van der Waals surface area contributed by atoms with Gasteiger partial charge in [0.15, 0.2) is 0 Å². The summed E-state index contributed by atoms with van der Waals surface area (Å²) < 4.78 is 0. The standard InChI is InChI=1S/C15H26N4O/c1-4-16-14-9-11(2)17-15(18-14)10-19(3)12-7-5-6-8-13(12)20/h9,12-13,20H,4-8,10H2,1-3H3,(H,16,17,18). The van der Waals surface area contributed by atoms with Gasteiger partial charge in [-0.1, -0.05) is 12.8 Å². The zero-order chi connectivity index (χ0) is 14.5. The minimum atomic E-state index is -0.216. The maximum absolute atomic E-state index is 10.1. The Bertz CT molecular complexity index is 438. The molecule has 20 heavy (non-hydrogen) atoms. The van der Waals surface area contributed by atoms with Crippen LogP contribution in [0.25, 0.3) is 0 Å². The first-order valence-electron chi connectivity index (χ1n) is 7.57. The number of nitrogens with one attached hydrogen (secondary N) is 1. The first kappa shape index (κ1) is 15.2. The number of nitrogens with zero attached hydrogens (tertiary/aromatic N) is 3. The number of hydrogen-bond donors (Lipinski definition) is 2. The van der Waals surface area contributed by atoms with Crippen LogP contribution in [0.5, 0.6) is 0 Å². The van der Waals surface area contributed by atoms with Gasteiger partial charge in [0.05, 0.1) is 12.6 Å². The van der Waals surface area contributed by atoms with Gasteiger partial charge in [0, 0.05) is 24.3 Å². The highest BCUT2D eigenvalue weighted by Crippen LogP contribution is 2.23. The number of likely N-dealkylation sites (N-methyl/N-ethyl adjacent to an activating group) is 1. The summed E-state index contributed by atoms with van der Waals surface area (Å²) in [7, 11) is 2.05. The van der Waals surface area contributed by atoms with E-state index in [0.717, 1.165) is 43.1 Å². The summed E-state index contributed by atoms with van der Waals surface area (Å²) in [5.41, 5.74) is 0.976. The van der Waals surface area contributed by atoms with E-state index in [0.29, 0.717) is 6.54 Å². The second-order valence-electron chi connectivity index (χ2n) is 5.68. The molecule has 1 fully saturated rings. The monoisotopic (exact) mass is 278 g/mol. The average molecular weight is 278 g/mol. The van der Waals surface area contributed by atoms with E-state index in [1.807, 2.05) is 13.0 Å². The number of aryl methyl sites for hydroxylation is 1. The van der Waals surface area contributed by atoms with Gasteiger partial charge in [-0.25, -0.2) is 9.97 Å². The lowest BCUT2D eigenvalue weighted by molar-refractivity contribution is 0.0278. The average Bonchev–Trinajstić information content (AvgIpc) is 2.38. The van der Waals surface area contributed by atoms with Crippen molar-refractivity contribution in [3.05, 3.63) is 17.6 Å². The van der Waals surface area contributed by atoms with Crippen molar-refractivity contribution in [3.63, 3.8) is 0 Å². The number of aliphatic hydroxyl groups excluding tert-OH is 1. The third-order valence-corrected chi connectivity index (χ3v) is 3.91. The smallest absolute Gasteiger partial charge is 0.144 e. The lowest BCUT2D eigenvalue weighted by Gasteiger charge is -2.34. The molecule has 0 spiro atoms. The number of aliphatic hydroxyl groups is 1. The van der Waals surface area contributed by atoms with Crippen molar-refractivity contribution < 1.29 is 5.11 Å². The van der Waals surface area contributed by atoms with Gasteiger partial charge < -0.3 is 10.4 Å². The minimum Gasteiger partial charge on any atom is -0.391 e. The van der Waals surface area contributed by atoms with Gasteiger partial charge in [0.1, 0.15) is 11.6 Å². The Balaban J connectivity index is 2.04. The molecule has 0 amide bonds. The molecule has 1 saturated carbocycles. The van der Waals surface area contributed by atoms with Crippen molar-refractivity contribution in [3.8, 4) is 0 Å². The molecule has 1 aromatic heterocycles. The highest BCUT2D eigenvalue weighted by molar-refractivity contribution is 5.35. The molecule has 0 saturated heterocycles. The van der Waals surface area contributed by atoms with E-state index in [9.17, 15) is 5.11 Å². The summed E-state index contributed by atoms with van der Waals surface area (Å²) in [5, 5.41) is 13.3. The highest BCUT2D eigenvalue weighted by Gasteiger charge is 2.26. The molecule has 0 bridgehead atoms. The zero-order valence-corrected chi connectivity index (χ0v) is 12.8. The molecule has 2 atom stereocenters. The Morgan fingerprint density at radius 1 is 1.35 bits per heavy atom. The summed E-state index contributed by atoms with van der Waals surface area (Å²) in [4.78, 5) is 11.2. The van der Waals surface area contributed by atoms with E-state index in [4.69, 9.17) is 0 Å². The lowest BCUT2D eigenvalue weighted by atomic mass is 9.91. The van der Waals surface area contributed by atoms with Gasteiger partial charge in [-0.15, -0.1) is 0 Å². The van der Waals surface area contributed by atoms with Gasteiger partial charge in [-0.2, -0.15) is 0 Å². The SMILES string of the molecule is CCNc1cc(C)nc(CN(C)C2CCCCC2O)n1. The van der Waals surface area contributed by atoms with Crippen LogP contribution in [0.1, 0.15) is 44.1 Å². The van der Waals surface area contributed by atoms with Gasteiger partial charge in [0.2, 0.25) is 0 Å². The van der Waals surface area contributed by atoms with Crippen LogP contribution >= 0.6 is 0 Å². The molecule has 5 heteroatoms. The molecule has 2 unspecified atom stereocenters. The summed E-state index contributed by atoms with van der Waals surface area (Å²) in [6.07, 6.45) is 4.09. The van der Waals surface area contributed by atoms with E-state index in [1.165, 1.54) is 6.42 Å².